The minimum atomic E-state index is -4.29. The highest BCUT2D eigenvalue weighted by Gasteiger charge is 2.33. The van der Waals surface area contributed by atoms with E-state index in [1.807, 2.05) is 37.3 Å². The normalized spacial score (nSPS) is 12.0. The van der Waals surface area contributed by atoms with Crippen LogP contribution in [0.5, 0.6) is 0 Å². The molecule has 0 radical (unpaired) electrons. The first-order valence-corrected chi connectivity index (χ1v) is 13.6. The first-order chi connectivity index (χ1) is 17.8. The van der Waals surface area contributed by atoms with Crippen LogP contribution in [-0.2, 0) is 26.0 Å². The van der Waals surface area contributed by atoms with Crippen molar-refractivity contribution >= 4 is 27.5 Å². The standard InChI is InChI=1S/C28H32FN3O4S/c1-3-19-30-28(34)22(2)31(20-18-23-12-6-4-7-13-23)27(33)21-32(26-17-11-10-16-25(26)29)37(35,36)24-14-8-5-9-15-24/h4-17,22H,3,18-21H2,1-2H3,(H,30,34). The number of carbonyl (C=O) groups excluding carboxylic acids is 2. The Labute approximate surface area is 218 Å². The number of hydrogen-bond acceptors (Lipinski definition) is 4. The van der Waals surface area contributed by atoms with Crippen molar-refractivity contribution in [1.29, 1.82) is 0 Å². The molecule has 0 saturated carbocycles. The monoisotopic (exact) mass is 525 g/mol. The lowest BCUT2D eigenvalue weighted by molar-refractivity contribution is -0.138. The smallest absolute Gasteiger partial charge is 0.264 e. The molecule has 3 aromatic carbocycles. The fraction of sp³-hybridized carbons (Fsp3) is 0.286. The molecule has 0 aliphatic heterocycles. The topological polar surface area (TPSA) is 86.8 Å². The van der Waals surface area contributed by atoms with Gasteiger partial charge in [0, 0.05) is 13.1 Å². The molecular weight excluding hydrogens is 493 g/mol. The van der Waals surface area contributed by atoms with E-state index in [-0.39, 0.29) is 23.0 Å². The first kappa shape index (κ1) is 27.9. The fourth-order valence-corrected chi connectivity index (χ4v) is 5.30. The maximum atomic E-state index is 14.8. The summed E-state index contributed by atoms with van der Waals surface area (Å²) in [6.07, 6.45) is 1.19. The van der Waals surface area contributed by atoms with E-state index >= 15 is 0 Å². The van der Waals surface area contributed by atoms with Crippen molar-refractivity contribution in [3.05, 3.63) is 96.3 Å². The Morgan fingerprint density at radius 2 is 1.51 bits per heavy atom. The number of nitrogens with one attached hydrogen (secondary N) is 1. The summed E-state index contributed by atoms with van der Waals surface area (Å²) in [4.78, 5) is 27.7. The Kier molecular flexibility index (Phi) is 9.79. The van der Waals surface area contributed by atoms with Crippen LogP contribution in [0.2, 0.25) is 0 Å². The third-order valence-corrected chi connectivity index (χ3v) is 7.71. The molecule has 37 heavy (non-hydrogen) atoms. The molecule has 7 nitrogen and oxygen atoms in total. The molecule has 0 bridgehead atoms. The molecule has 1 N–H and O–H groups in total. The van der Waals surface area contributed by atoms with Crippen molar-refractivity contribution in [2.24, 2.45) is 0 Å². The quantitative estimate of drug-likeness (QED) is 0.387. The minimum Gasteiger partial charge on any atom is -0.354 e. The van der Waals surface area contributed by atoms with Gasteiger partial charge < -0.3 is 10.2 Å². The van der Waals surface area contributed by atoms with Gasteiger partial charge in [0.2, 0.25) is 11.8 Å². The number of carbonyl (C=O) groups is 2. The van der Waals surface area contributed by atoms with E-state index in [9.17, 15) is 22.4 Å². The number of hydrogen-bond donors (Lipinski definition) is 1. The highest BCUT2D eigenvalue weighted by Crippen LogP contribution is 2.26. The molecule has 1 atom stereocenters. The average molecular weight is 526 g/mol. The molecular formula is C28H32FN3O4S. The second-order valence-corrected chi connectivity index (χ2v) is 10.4. The van der Waals surface area contributed by atoms with Crippen LogP contribution in [0, 0.1) is 5.82 Å². The van der Waals surface area contributed by atoms with Crippen LogP contribution in [0.25, 0.3) is 0 Å². The van der Waals surface area contributed by atoms with Gasteiger partial charge in [0.1, 0.15) is 18.4 Å². The number of benzene rings is 3. The zero-order chi connectivity index (χ0) is 26.8. The number of halogens is 1. The summed E-state index contributed by atoms with van der Waals surface area (Å²) < 4.78 is 42.8. The van der Waals surface area contributed by atoms with Gasteiger partial charge in [-0.25, -0.2) is 12.8 Å². The number of nitrogens with zero attached hydrogens (tertiary/aromatic N) is 2. The second kappa shape index (κ2) is 13.0. The number of amides is 2. The molecule has 196 valence electrons. The van der Waals surface area contributed by atoms with Crippen LogP contribution >= 0.6 is 0 Å². The number of rotatable bonds is 12. The summed E-state index contributed by atoms with van der Waals surface area (Å²) in [7, 11) is -4.29. The van der Waals surface area contributed by atoms with Gasteiger partial charge in [-0.05, 0) is 49.6 Å². The molecule has 0 saturated heterocycles. The molecule has 3 rings (SSSR count). The maximum absolute atomic E-state index is 14.8. The van der Waals surface area contributed by atoms with E-state index in [0.29, 0.717) is 13.0 Å². The van der Waals surface area contributed by atoms with Crippen LogP contribution in [0.1, 0.15) is 25.8 Å². The molecule has 3 aromatic rings. The Morgan fingerprint density at radius 3 is 2.14 bits per heavy atom. The highest BCUT2D eigenvalue weighted by atomic mass is 32.2. The Hall–Kier alpha value is -3.72. The number of sulfonamides is 1. The molecule has 0 aliphatic carbocycles. The number of anilines is 1. The van der Waals surface area contributed by atoms with Crippen molar-refractivity contribution in [1.82, 2.24) is 10.2 Å². The third kappa shape index (κ3) is 7.16. The molecule has 1 unspecified atom stereocenters. The van der Waals surface area contributed by atoms with Gasteiger partial charge in [0.25, 0.3) is 10.0 Å². The largest absolute Gasteiger partial charge is 0.354 e. The molecule has 0 fully saturated rings. The lowest BCUT2D eigenvalue weighted by Gasteiger charge is -2.32. The second-order valence-electron chi connectivity index (χ2n) is 8.57. The Morgan fingerprint density at radius 1 is 0.919 bits per heavy atom. The van der Waals surface area contributed by atoms with E-state index in [4.69, 9.17) is 0 Å². The number of para-hydroxylation sites is 1. The zero-order valence-corrected chi connectivity index (χ0v) is 21.8. The van der Waals surface area contributed by atoms with E-state index in [1.165, 1.54) is 35.2 Å². The van der Waals surface area contributed by atoms with E-state index < -0.39 is 34.3 Å². The Balaban J connectivity index is 1.96. The summed E-state index contributed by atoms with van der Waals surface area (Å²) in [5.41, 5.74) is 0.718. The van der Waals surface area contributed by atoms with E-state index in [0.717, 1.165) is 22.4 Å². The molecule has 0 heterocycles. The van der Waals surface area contributed by atoms with Crippen molar-refractivity contribution in [3.63, 3.8) is 0 Å². The fourth-order valence-electron chi connectivity index (χ4n) is 3.85. The van der Waals surface area contributed by atoms with Gasteiger partial charge in [-0.15, -0.1) is 0 Å². The zero-order valence-electron chi connectivity index (χ0n) is 21.0. The SMILES string of the molecule is CCCNC(=O)C(C)N(CCc1ccccc1)C(=O)CN(c1ccccc1F)S(=O)(=O)c1ccccc1. The van der Waals surface area contributed by atoms with E-state index in [2.05, 4.69) is 5.32 Å². The van der Waals surface area contributed by atoms with Crippen molar-refractivity contribution < 1.29 is 22.4 Å². The lowest BCUT2D eigenvalue weighted by Crippen LogP contribution is -2.52. The molecule has 0 spiro atoms. The van der Waals surface area contributed by atoms with Crippen LogP contribution in [-0.4, -0.2) is 50.8 Å². The molecule has 9 heteroatoms. The summed E-state index contributed by atoms with van der Waals surface area (Å²) in [5, 5.41) is 2.79. The minimum absolute atomic E-state index is 0.0735. The summed E-state index contributed by atoms with van der Waals surface area (Å²) in [6, 6.07) is 21.6. The van der Waals surface area contributed by atoms with Crippen LogP contribution in [0.3, 0.4) is 0 Å². The first-order valence-electron chi connectivity index (χ1n) is 12.2. The van der Waals surface area contributed by atoms with Gasteiger partial charge in [-0.2, -0.15) is 0 Å². The predicted octanol–water partition coefficient (Wildman–Crippen LogP) is 4.01. The van der Waals surface area contributed by atoms with E-state index in [1.54, 1.807) is 25.1 Å². The highest BCUT2D eigenvalue weighted by molar-refractivity contribution is 7.92. The molecule has 2 amide bonds. The predicted molar refractivity (Wildman–Crippen MR) is 142 cm³/mol. The van der Waals surface area contributed by atoms with Crippen LogP contribution in [0.4, 0.5) is 10.1 Å². The Bertz CT molecular complexity index is 1290. The van der Waals surface area contributed by atoms with Crippen molar-refractivity contribution in [2.45, 2.75) is 37.6 Å². The third-order valence-electron chi connectivity index (χ3n) is 5.93. The van der Waals surface area contributed by atoms with Gasteiger partial charge in [-0.1, -0.05) is 67.6 Å². The molecule has 0 aromatic heterocycles. The molecule has 0 aliphatic rings. The summed E-state index contributed by atoms with van der Waals surface area (Å²) in [5.74, 6) is -1.73. The van der Waals surface area contributed by atoms with Gasteiger partial charge in [-0.3, -0.25) is 13.9 Å². The van der Waals surface area contributed by atoms with Gasteiger partial charge in [0.15, 0.2) is 0 Å². The van der Waals surface area contributed by atoms with Gasteiger partial charge >= 0.3 is 0 Å². The van der Waals surface area contributed by atoms with Crippen LogP contribution in [0.15, 0.2) is 89.8 Å². The lowest BCUT2D eigenvalue weighted by atomic mass is 10.1. The summed E-state index contributed by atoms with van der Waals surface area (Å²) >= 11 is 0. The maximum Gasteiger partial charge on any atom is 0.264 e. The van der Waals surface area contributed by atoms with Crippen molar-refractivity contribution in [3.8, 4) is 0 Å². The van der Waals surface area contributed by atoms with Crippen molar-refractivity contribution in [2.75, 3.05) is 23.9 Å². The van der Waals surface area contributed by atoms with Crippen LogP contribution < -0.4 is 9.62 Å². The van der Waals surface area contributed by atoms with Gasteiger partial charge in [0.05, 0.1) is 10.6 Å². The average Bonchev–Trinajstić information content (AvgIpc) is 2.91. The summed E-state index contributed by atoms with van der Waals surface area (Å²) in [6.45, 7) is 3.49.